The van der Waals surface area contributed by atoms with E-state index in [0.29, 0.717) is 6.04 Å². The fourth-order valence-corrected chi connectivity index (χ4v) is 2.30. The Morgan fingerprint density at radius 1 is 1.06 bits per heavy atom. The zero-order valence-electron chi connectivity index (χ0n) is 11.8. The SMILES string of the molecule is CCCCC(CN)N(CC)CC(CC)CC. The van der Waals surface area contributed by atoms with E-state index in [1.54, 1.807) is 0 Å². The summed E-state index contributed by atoms with van der Waals surface area (Å²) in [7, 11) is 0. The van der Waals surface area contributed by atoms with Crippen molar-refractivity contribution in [3.05, 3.63) is 0 Å². The number of hydrogen-bond acceptors (Lipinski definition) is 2. The van der Waals surface area contributed by atoms with E-state index in [1.807, 2.05) is 0 Å². The highest BCUT2D eigenvalue weighted by Gasteiger charge is 2.17. The standard InChI is InChI=1S/C14H32N2/c1-5-9-10-14(11-15)16(8-4)12-13(6-2)7-3/h13-14H,5-12,15H2,1-4H3. The van der Waals surface area contributed by atoms with Crippen LogP contribution in [0.4, 0.5) is 0 Å². The van der Waals surface area contributed by atoms with Gasteiger partial charge >= 0.3 is 0 Å². The van der Waals surface area contributed by atoms with Crippen molar-refractivity contribution in [2.75, 3.05) is 19.6 Å². The maximum Gasteiger partial charge on any atom is 0.0218 e. The van der Waals surface area contributed by atoms with Gasteiger partial charge in [0.25, 0.3) is 0 Å². The molecule has 0 radical (unpaired) electrons. The predicted molar refractivity (Wildman–Crippen MR) is 73.7 cm³/mol. The zero-order chi connectivity index (χ0) is 12.4. The van der Waals surface area contributed by atoms with Crippen LogP contribution in [-0.4, -0.2) is 30.6 Å². The minimum absolute atomic E-state index is 0.602. The second-order valence-electron chi connectivity index (χ2n) is 4.80. The fourth-order valence-electron chi connectivity index (χ4n) is 2.30. The highest BCUT2D eigenvalue weighted by Crippen LogP contribution is 2.14. The molecular weight excluding hydrogens is 196 g/mol. The van der Waals surface area contributed by atoms with Crippen LogP contribution in [0.3, 0.4) is 0 Å². The van der Waals surface area contributed by atoms with Crippen LogP contribution in [0.5, 0.6) is 0 Å². The minimum Gasteiger partial charge on any atom is -0.329 e. The summed E-state index contributed by atoms with van der Waals surface area (Å²) in [6.07, 6.45) is 6.43. The third-order valence-electron chi connectivity index (χ3n) is 3.73. The fraction of sp³-hybridized carbons (Fsp3) is 1.00. The molecule has 1 atom stereocenters. The summed E-state index contributed by atoms with van der Waals surface area (Å²) in [6, 6.07) is 0.602. The van der Waals surface area contributed by atoms with E-state index < -0.39 is 0 Å². The van der Waals surface area contributed by atoms with E-state index in [9.17, 15) is 0 Å². The quantitative estimate of drug-likeness (QED) is 0.622. The first-order valence-electron chi connectivity index (χ1n) is 7.17. The van der Waals surface area contributed by atoms with Gasteiger partial charge in [-0.2, -0.15) is 0 Å². The van der Waals surface area contributed by atoms with Crippen molar-refractivity contribution in [2.24, 2.45) is 11.7 Å². The first-order valence-corrected chi connectivity index (χ1v) is 7.17. The number of unbranched alkanes of at least 4 members (excludes halogenated alkanes) is 1. The van der Waals surface area contributed by atoms with Crippen molar-refractivity contribution in [2.45, 2.75) is 65.8 Å². The molecule has 0 aliphatic carbocycles. The smallest absolute Gasteiger partial charge is 0.0218 e. The van der Waals surface area contributed by atoms with Crippen molar-refractivity contribution in [3.8, 4) is 0 Å². The predicted octanol–water partition coefficient (Wildman–Crippen LogP) is 3.26. The molecule has 0 heterocycles. The maximum atomic E-state index is 5.91. The summed E-state index contributed by atoms with van der Waals surface area (Å²) >= 11 is 0. The topological polar surface area (TPSA) is 29.3 Å². The highest BCUT2D eigenvalue weighted by molar-refractivity contribution is 4.74. The van der Waals surface area contributed by atoms with Crippen molar-refractivity contribution in [3.63, 3.8) is 0 Å². The summed E-state index contributed by atoms with van der Waals surface area (Å²) < 4.78 is 0. The second-order valence-corrected chi connectivity index (χ2v) is 4.80. The summed E-state index contributed by atoms with van der Waals surface area (Å²) in [5.41, 5.74) is 5.91. The first-order chi connectivity index (χ1) is 7.73. The van der Waals surface area contributed by atoms with Crippen LogP contribution in [0.25, 0.3) is 0 Å². The number of nitrogens with two attached hydrogens (primary N) is 1. The van der Waals surface area contributed by atoms with Crippen LogP contribution in [0.1, 0.15) is 59.8 Å². The average Bonchev–Trinajstić information content (AvgIpc) is 2.33. The lowest BCUT2D eigenvalue weighted by Gasteiger charge is -2.32. The van der Waals surface area contributed by atoms with Gasteiger partial charge in [-0.1, -0.05) is 53.4 Å². The molecule has 0 aliphatic rings. The van der Waals surface area contributed by atoms with E-state index in [1.165, 1.54) is 38.6 Å². The van der Waals surface area contributed by atoms with Crippen LogP contribution < -0.4 is 5.73 Å². The van der Waals surface area contributed by atoms with E-state index in [2.05, 4.69) is 32.6 Å². The molecule has 0 fully saturated rings. The Bertz CT molecular complexity index is 144. The Labute approximate surface area is 103 Å². The Morgan fingerprint density at radius 2 is 1.69 bits per heavy atom. The van der Waals surface area contributed by atoms with Crippen LogP contribution in [0.15, 0.2) is 0 Å². The third-order valence-corrected chi connectivity index (χ3v) is 3.73. The van der Waals surface area contributed by atoms with E-state index >= 15 is 0 Å². The molecule has 2 N–H and O–H groups in total. The van der Waals surface area contributed by atoms with Crippen molar-refractivity contribution in [1.82, 2.24) is 4.90 Å². The highest BCUT2D eigenvalue weighted by atomic mass is 15.2. The third kappa shape index (κ3) is 5.86. The summed E-state index contributed by atoms with van der Waals surface area (Å²) in [6.45, 7) is 12.3. The number of rotatable bonds is 10. The van der Waals surface area contributed by atoms with Gasteiger partial charge in [0.15, 0.2) is 0 Å². The van der Waals surface area contributed by atoms with E-state index in [4.69, 9.17) is 5.73 Å². The molecule has 0 aromatic heterocycles. The Balaban J connectivity index is 4.19. The van der Waals surface area contributed by atoms with Gasteiger partial charge in [-0.3, -0.25) is 4.90 Å². The van der Waals surface area contributed by atoms with Gasteiger partial charge in [0.05, 0.1) is 0 Å². The second kappa shape index (κ2) is 10.1. The largest absolute Gasteiger partial charge is 0.329 e. The molecule has 0 spiro atoms. The van der Waals surface area contributed by atoms with Crippen molar-refractivity contribution >= 4 is 0 Å². The summed E-state index contributed by atoms with van der Waals surface area (Å²) in [4.78, 5) is 2.59. The summed E-state index contributed by atoms with van der Waals surface area (Å²) in [5, 5.41) is 0. The average molecular weight is 228 g/mol. The normalized spacial score (nSPS) is 13.7. The molecule has 0 saturated heterocycles. The molecule has 0 bridgehead atoms. The molecule has 98 valence electrons. The van der Waals surface area contributed by atoms with Gasteiger partial charge in [0, 0.05) is 19.1 Å². The molecule has 0 aromatic carbocycles. The number of likely N-dealkylation sites (N-methyl/N-ethyl adjacent to an activating group) is 1. The Morgan fingerprint density at radius 3 is 2.06 bits per heavy atom. The van der Waals surface area contributed by atoms with Crippen molar-refractivity contribution < 1.29 is 0 Å². The van der Waals surface area contributed by atoms with Crippen LogP contribution in [0, 0.1) is 5.92 Å². The van der Waals surface area contributed by atoms with Crippen LogP contribution >= 0.6 is 0 Å². The molecule has 2 heteroatoms. The van der Waals surface area contributed by atoms with Gasteiger partial charge in [-0.05, 0) is 18.9 Å². The van der Waals surface area contributed by atoms with Gasteiger partial charge in [-0.25, -0.2) is 0 Å². The molecule has 0 amide bonds. The molecule has 0 rings (SSSR count). The molecule has 16 heavy (non-hydrogen) atoms. The lowest BCUT2D eigenvalue weighted by molar-refractivity contribution is 0.164. The number of nitrogens with zero attached hydrogens (tertiary/aromatic N) is 1. The molecule has 0 aliphatic heterocycles. The van der Waals surface area contributed by atoms with Crippen molar-refractivity contribution in [1.29, 1.82) is 0 Å². The zero-order valence-corrected chi connectivity index (χ0v) is 11.8. The maximum absolute atomic E-state index is 5.91. The van der Waals surface area contributed by atoms with E-state index in [0.717, 1.165) is 19.0 Å². The first kappa shape index (κ1) is 15.9. The lowest BCUT2D eigenvalue weighted by Crippen LogP contribution is -2.43. The number of hydrogen-bond donors (Lipinski definition) is 1. The van der Waals surface area contributed by atoms with Gasteiger partial charge in [0.2, 0.25) is 0 Å². The summed E-state index contributed by atoms with van der Waals surface area (Å²) in [5.74, 6) is 0.843. The van der Waals surface area contributed by atoms with Gasteiger partial charge in [0.1, 0.15) is 0 Å². The Hall–Kier alpha value is -0.0800. The van der Waals surface area contributed by atoms with Crippen LogP contribution in [0.2, 0.25) is 0 Å². The molecule has 0 saturated carbocycles. The minimum atomic E-state index is 0.602. The molecular formula is C14H32N2. The van der Waals surface area contributed by atoms with Gasteiger partial charge < -0.3 is 5.73 Å². The lowest BCUT2D eigenvalue weighted by atomic mass is 10.0. The molecule has 2 nitrogen and oxygen atoms in total. The van der Waals surface area contributed by atoms with Gasteiger partial charge in [-0.15, -0.1) is 0 Å². The molecule has 1 unspecified atom stereocenters. The van der Waals surface area contributed by atoms with Crippen LogP contribution in [-0.2, 0) is 0 Å². The molecule has 0 aromatic rings. The Kier molecular flexibility index (Phi) is 10.0. The van der Waals surface area contributed by atoms with E-state index in [-0.39, 0.29) is 0 Å². The monoisotopic (exact) mass is 228 g/mol.